The van der Waals surface area contributed by atoms with E-state index in [2.05, 4.69) is 20.1 Å². The highest BCUT2D eigenvalue weighted by atomic mass is 32.2. The van der Waals surface area contributed by atoms with Gasteiger partial charge in [0.25, 0.3) is 0 Å². The summed E-state index contributed by atoms with van der Waals surface area (Å²) in [5, 5.41) is 14.7. The minimum Gasteiger partial charge on any atom is -0.478 e. The second-order valence-corrected chi connectivity index (χ2v) is 4.99. The van der Waals surface area contributed by atoms with Gasteiger partial charge in [0.15, 0.2) is 5.65 Å². The van der Waals surface area contributed by atoms with Crippen molar-refractivity contribution < 1.29 is 9.90 Å². The van der Waals surface area contributed by atoms with Crippen molar-refractivity contribution in [2.24, 2.45) is 7.05 Å². The Bertz CT molecular complexity index is 787. The summed E-state index contributed by atoms with van der Waals surface area (Å²) in [5.41, 5.74) is 0.752. The number of aromatic nitrogens is 5. The van der Waals surface area contributed by atoms with E-state index in [9.17, 15) is 9.90 Å². The highest BCUT2D eigenvalue weighted by Gasteiger charge is 2.18. The number of fused-ring (bicyclic) bond motifs is 1. The maximum atomic E-state index is 11.3. The van der Waals surface area contributed by atoms with Crippen molar-refractivity contribution in [3.63, 3.8) is 0 Å². The summed E-state index contributed by atoms with van der Waals surface area (Å²) in [6, 6.07) is 0. The molecule has 0 amide bonds. The lowest BCUT2D eigenvalue weighted by atomic mass is 10.2. The molecule has 3 aromatic heterocycles. The van der Waals surface area contributed by atoms with Gasteiger partial charge in [-0.1, -0.05) is 11.8 Å². The van der Waals surface area contributed by atoms with Crippen molar-refractivity contribution in [2.75, 3.05) is 0 Å². The SMILES string of the molecule is Cn1ncc2c(Sc3cnccn3)c(C(=O)O)cnc21. The molecule has 0 unspecified atom stereocenters. The molecule has 0 radical (unpaired) electrons. The van der Waals surface area contributed by atoms with Crippen LogP contribution in [0.4, 0.5) is 0 Å². The molecule has 0 aliphatic carbocycles. The first-order valence-electron chi connectivity index (χ1n) is 5.64. The second kappa shape index (κ2) is 4.89. The largest absolute Gasteiger partial charge is 0.478 e. The Morgan fingerprint density at radius 3 is 2.80 bits per heavy atom. The molecule has 0 aliphatic rings. The molecule has 0 aliphatic heterocycles. The van der Waals surface area contributed by atoms with E-state index in [0.717, 1.165) is 0 Å². The van der Waals surface area contributed by atoms with Crippen LogP contribution in [0.25, 0.3) is 11.0 Å². The maximum absolute atomic E-state index is 11.3. The topological polar surface area (TPSA) is 93.8 Å². The number of hydrogen-bond donors (Lipinski definition) is 1. The second-order valence-electron chi connectivity index (χ2n) is 3.96. The predicted molar refractivity (Wildman–Crippen MR) is 71.6 cm³/mol. The summed E-state index contributed by atoms with van der Waals surface area (Å²) in [6.45, 7) is 0. The minimum absolute atomic E-state index is 0.126. The summed E-state index contributed by atoms with van der Waals surface area (Å²) in [7, 11) is 1.76. The summed E-state index contributed by atoms with van der Waals surface area (Å²) >= 11 is 1.24. The van der Waals surface area contributed by atoms with Crippen LogP contribution >= 0.6 is 11.8 Å². The average molecular weight is 287 g/mol. The lowest BCUT2D eigenvalue weighted by molar-refractivity contribution is 0.0693. The quantitative estimate of drug-likeness (QED) is 0.782. The first kappa shape index (κ1) is 12.5. The van der Waals surface area contributed by atoms with E-state index < -0.39 is 5.97 Å². The Balaban J connectivity index is 2.20. The van der Waals surface area contributed by atoms with Gasteiger partial charge < -0.3 is 5.11 Å². The molecule has 0 aromatic carbocycles. The van der Waals surface area contributed by atoms with Gasteiger partial charge in [-0.2, -0.15) is 5.10 Å². The number of carbonyl (C=O) groups is 1. The van der Waals surface area contributed by atoms with Crippen molar-refractivity contribution in [3.8, 4) is 0 Å². The van der Waals surface area contributed by atoms with Crippen LogP contribution in [-0.2, 0) is 7.05 Å². The van der Waals surface area contributed by atoms with Gasteiger partial charge in [0.05, 0.1) is 23.3 Å². The first-order valence-corrected chi connectivity index (χ1v) is 6.46. The summed E-state index contributed by atoms with van der Waals surface area (Å²) in [6.07, 6.45) is 7.65. The Morgan fingerprint density at radius 2 is 2.10 bits per heavy atom. The average Bonchev–Trinajstić information content (AvgIpc) is 2.82. The van der Waals surface area contributed by atoms with E-state index in [1.54, 1.807) is 36.5 Å². The number of carboxylic acids is 1. The zero-order chi connectivity index (χ0) is 14.1. The minimum atomic E-state index is -1.03. The van der Waals surface area contributed by atoms with Gasteiger partial charge >= 0.3 is 5.97 Å². The molecule has 100 valence electrons. The van der Waals surface area contributed by atoms with Gasteiger partial charge in [-0.05, 0) is 0 Å². The maximum Gasteiger partial charge on any atom is 0.338 e. The number of nitrogens with zero attached hydrogens (tertiary/aromatic N) is 5. The van der Waals surface area contributed by atoms with Crippen LogP contribution in [0.3, 0.4) is 0 Å². The third-order valence-electron chi connectivity index (χ3n) is 2.69. The fourth-order valence-corrected chi connectivity index (χ4v) is 2.72. The highest BCUT2D eigenvalue weighted by molar-refractivity contribution is 7.99. The van der Waals surface area contributed by atoms with Crippen LogP contribution in [0.5, 0.6) is 0 Å². The number of hydrogen-bond acceptors (Lipinski definition) is 6. The molecule has 3 heterocycles. The third-order valence-corrected chi connectivity index (χ3v) is 3.75. The zero-order valence-electron chi connectivity index (χ0n) is 10.4. The van der Waals surface area contributed by atoms with Gasteiger partial charge in [0, 0.05) is 30.5 Å². The van der Waals surface area contributed by atoms with Gasteiger partial charge in [-0.25, -0.2) is 14.8 Å². The fourth-order valence-electron chi connectivity index (χ4n) is 1.78. The van der Waals surface area contributed by atoms with Crippen molar-refractivity contribution >= 4 is 28.8 Å². The first-order chi connectivity index (χ1) is 9.66. The van der Waals surface area contributed by atoms with Gasteiger partial charge in [0.2, 0.25) is 0 Å². The molecule has 20 heavy (non-hydrogen) atoms. The molecule has 7 nitrogen and oxygen atoms in total. The molecular weight excluding hydrogens is 278 g/mol. The van der Waals surface area contributed by atoms with Gasteiger partial charge in [0.1, 0.15) is 5.03 Å². The van der Waals surface area contributed by atoms with Crippen molar-refractivity contribution in [1.29, 1.82) is 0 Å². The fraction of sp³-hybridized carbons (Fsp3) is 0.0833. The lowest BCUT2D eigenvalue weighted by Gasteiger charge is -2.06. The molecule has 0 saturated heterocycles. The van der Waals surface area contributed by atoms with E-state index in [1.165, 1.54) is 18.0 Å². The van der Waals surface area contributed by atoms with Crippen LogP contribution in [0.15, 0.2) is 40.9 Å². The number of carboxylic acid groups (broad SMARTS) is 1. The van der Waals surface area contributed by atoms with Crippen LogP contribution in [0.1, 0.15) is 10.4 Å². The Labute approximate surface area is 117 Å². The summed E-state index contributed by atoms with van der Waals surface area (Å²) < 4.78 is 1.60. The zero-order valence-corrected chi connectivity index (χ0v) is 11.2. The molecule has 3 aromatic rings. The molecule has 0 fully saturated rings. The summed E-state index contributed by atoms with van der Waals surface area (Å²) in [5.74, 6) is -1.03. The van der Waals surface area contributed by atoms with Crippen molar-refractivity contribution in [1.82, 2.24) is 24.7 Å². The van der Waals surface area contributed by atoms with Gasteiger partial charge in [-0.3, -0.25) is 9.67 Å². The van der Waals surface area contributed by atoms with Crippen LogP contribution in [0, 0.1) is 0 Å². The predicted octanol–water partition coefficient (Wildman–Crippen LogP) is 1.61. The monoisotopic (exact) mass is 287 g/mol. The standard InChI is InChI=1S/C12H9N5O2S/c1-17-11-7(5-16-17)10(8(4-15-11)12(18)19)20-9-6-13-2-3-14-9/h2-6H,1H3,(H,18,19). The van der Waals surface area contributed by atoms with Crippen LogP contribution in [-0.4, -0.2) is 35.8 Å². The van der Waals surface area contributed by atoms with Gasteiger partial charge in [-0.15, -0.1) is 0 Å². The number of rotatable bonds is 3. The van der Waals surface area contributed by atoms with E-state index >= 15 is 0 Å². The molecular formula is C12H9N5O2S. The van der Waals surface area contributed by atoms with Crippen LogP contribution < -0.4 is 0 Å². The molecule has 0 bridgehead atoms. The Morgan fingerprint density at radius 1 is 1.25 bits per heavy atom. The highest BCUT2D eigenvalue weighted by Crippen LogP contribution is 2.34. The third kappa shape index (κ3) is 2.10. The number of aromatic carboxylic acids is 1. The Kier molecular flexibility index (Phi) is 3.07. The van der Waals surface area contributed by atoms with Crippen LogP contribution in [0.2, 0.25) is 0 Å². The van der Waals surface area contributed by atoms with E-state index in [0.29, 0.717) is 21.0 Å². The lowest BCUT2D eigenvalue weighted by Crippen LogP contribution is -2.02. The molecule has 3 rings (SSSR count). The van der Waals surface area contributed by atoms with E-state index in [4.69, 9.17) is 0 Å². The summed E-state index contributed by atoms with van der Waals surface area (Å²) in [4.78, 5) is 24.2. The van der Waals surface area contributed by atoms with E-state index in [1.807, 2.05) is 0 Å². The number of aryl methyl sites for hydroxylation is 1. The molecule has 0 spiro atoms. The van der Waals surface area contributed by atoms with Crippen molar-refractivity contribution in [2.45, 2.75) is 9.92 Å². The number of pyridine rings is 1. The normalized spacial score (nSPS) is 10.8. The van der Waals surface area contributed by atoms with E-state index in [-0.39, 0.29) is 5.56 Å². The molecule has 0 saturated carbocycles. The molecule has 1 N–H and O–H groups in total. The smallest absolute Gasteiger partial charge is 0.338 e. The molecule has 8 heteroatoms. The Hall–Kier alpha value is -2.48. The van der Waals surface area contributed by atoms with Crippen molar-refractivity contribution in [3.05, 3.63) is 36.5 Å². The molecule has 0 atom stereocenters.